The van der Waals surface area contributed by atoms with E-state index in [1.165, 1.54) is 11.1 Å². The smallest absolute Gasteiger partial charge is 0.228 e. The molecule has 4 heteroatoms. The highest BCUT2D eigenvalue weighted by atomic mass is 35.5. The van der Waals surface area contributed by atoms with Gasteiger partial charge in [0.2, 0.25) is 5.91 Å². The fourth-order valence-electron chi connectivity index (χ4n) is 3.28. The Hall–Kier alpha value is -1.84. The lowest BCUT2D eigenvalue weighted by molar-refractivity contribution is -0.121. The number of carbonyl (C=O) groups is 1. The van der Waals surface area contributed by atoms with Crippen molar-refractivity contribution in [3.05, 3.63) is 64.7 Å². The number of hydrogen-bond donors (Lipinski definition) is 1. The van der Waals surface area contributed by atoms with Crippen LogP contribution in [0.1, 0.15) is 24.0 Å². The van der Waals surface area contributed by atoms with Crippen molar-refractivity contribution >= 4 is 23.2 Å². The van der Waals surface area contributed by atoms with E-state index in [9.17, 15) is 4.79 Å². The minimum atomic E-state index is 0.0137. The third kappa shape index (κ3) is 4.37. The number of para-hydroxylation sites is 1. The lowest BCUT2D eigenvalue weighted by Gasteiger charge is -2.32. The molecule has 126 valence electrons. The van der Waals surface area contributed by atoms with Crippen LogP contribution in [0.3, 0.4) is 0 Å². The fraction of sp³-hybridized carbons (Fsp3) is 0.350. The van der Waals surface area contributed by atoms with Gasteiger partial charge < -0.3 is 5.32 Å². The van der Waals surface area contributed by atoms with Gasteiger partial charge >= 0.3 is 0 Å². The number of anilines is 1. The number of carbonyl (C=O) groups excluding carboxylic acids is 1. The van der Waals surface area contributed by atoms with E-state index < -0.39 is 0 Å². The first-order chi connectivity index (χ1) is 11.6. The largest absolute Gasteiger partial charge is 0.324 e. The molecule has 2 aromatic rings. The zero-order valence-corrected chi connectivity index (χ0v) is 14.7. The molecule has 1 fully saturated rings. The number of benzene rings is 2. The van der Waals surface area contributed by atoms with Gasteiger partial charge in [-0.1, -0.05) is 53.6 Å². The molecule has 3 nitrogen and oxygen atoms in total. The van der Waals surface area contributed by atoms with E-state index >= 15 is 0 Å². The molecule has 1 N–H and O–H groups in total. The number of rotatable bonds is 4. The molecule has 0 aliphatic carbocycles. The van der Waals surface area contributed by atoms with Crippen molar-refractivity contribution in [3.63, 3.8) is 0 Å². The maximum atomic E-state index is 12.6. The van der Waals surface area contributed by atoms with Crippen LogP contribution in [0.4, 0.5) is 5.69 Å². The zero-order chi connectivity index (χ0) is 16.9. The number of nitrogens with one attached hydrogen (secondary N) is 1. The molecule has 0 spiro atoms. The Labute approximate surface area is 148 Å². The van der Waals surface area contributed by atoms with E-state index in [0.717, 1.165) is 32.5 Å². The van der Waals surface area contributed by atoms with E-state index in [1.807, 2.05) is 18.2 Å². The number of nitrogens with zero attached hydrogens (tertiary/aromatic N) is 1. The van der Waals surface area contributed by atoms with Crippen LogP contribution in [-0.2, 0) is 11.3 Å². The van der Waals surface area contributed by atoms with Gasteiger partial charge in [0, 0.05) is 13.1 Å². The van der Waals surface area contributed by atoms with Crippen LogP contribution >= 0.6 is 11.6 Å². The molecule has 2 aromatic carbocycles. The fourth-order valence-corrected chi connectivity index (χ4v) is 3.46. The Morgan fingerprint density at radius 2 is 2.08 bits per heavy atom. The normalized spacial score (nSPS) is 18.3. The predicted octanol–water partition coefficient (Wildman–Crippen LogP) is 4.50. The van der Waals surface area contributed by atoms with Crippen LogP contribution in [0.5, 0.6) is 0 Å². The molecule has 1 atom stereocenters. The van der Waals surface area contributed by atoms with Crippen molar-refractivity contribution in [2.75, 3.05) is 18.4 Å². The summed E-state index contributed by atoms with van der Waals surface area (Å²) in [5, 5.41) is 3.56. The molecule has 1 unspecified atom stereocenters. The van der Waals surface area contributed by atoms with Crippen LogP contribution in [0.15, 0.2) is 48.5 Å². The van der Waals surface area contributed by atoms with Gasteiger partial charge in [0.25, 0.3) is 0 Å². The van der Waals surface area contributed by atoms with Gasteiger partial charge in [0.15, 0.2) is 0 Å². The van der Waals surface area contributed by atoms with Crippen LogP contribution in [0, 0.1) is 12.8 Å². The highest BCUT2D eigenvalue weighted by molar-refractivity contribution is 6.33. The zero-order valence-electron chi connectivity index (χ0n) is 14.0. The number of amides is 1. The van der Waals surface area contributed by atoms with E-state index in [1.54, 1.807) is 6.07 Å². The lowest BCUT2D eigenvalue weighted by Crippen LogP contribution is -2.40. The summed E-state index contributed by atoms with van der Waals surface area (Å²) in [5.41, 5.74) is 3.28. The molecular formula is C20H23ClN2O. The molecule has 1 aliphatic rings. The van der Waals surface area contributed by atoms with Crippen molar-refractivity contribution in [2.45, 2.75) is 26.3 Å². The summed E-state index contributed by atoms with van der Waals surface area (Å²) in [4.78, 5) is 14.9. The van der Waals surface area contributed by atoms with Crippen LogP contribution in [0.2, 0.25) is 5.02 Å². The first-order valence-electron chi connectivity index (χ1n) is 8.45. The monoisotopic (exact) mass is 342 g/mol. The first kappa shape index (κ1) is 17.0. The Kier molecular flexibility index (Phi) is 5.54. The average Bonchev–Trinajstić information content (AvgIpc) is 2.57. The van der Waals surface area contributed by atoms with E-state index in [4.69, 9.17) is 11.6 Å². The minimum Gasteiger partial charge on any atom is -0.324 e. The highest BCUT2D eigenvalue weighted by Crippen LogP contribution is 2.24. The van der Waals surface area contributed by atoms with Crippen molar-refractivity contribution in [1.29, 1.82) is 0 Å². The molecule has 1 aliphatic heterocycles. The Balaban J connectivity index is 1.60. The number of likely N-dealkylation sites (tertiary alicyclic amines) is 1. The standard InChI is InChI=1S/C20H23ClN2O/c1-15-6-4-7-16(12-15)13-23-11-5-8-17(14-23)20(24)22-19-10-3-2-9-18(19)21/h2-4,6-7,9-10,12,17H,5,8,11,13-14H2,1H3,(H,22,24). The SMILES string of the molecule is Cc1cccc(CN2CCCC(C(=O)Nc3ccccc3Cl)C2)c1. The second-order valence-corrected chi connectivity index (χ2v) is 6.94. The van der Waals surface area contributed by atoms with Gasteiger partial charge in [-0.05, 0) is 44.0 Å². The highest BCUT2D eigenvalue weighted by Gasteiger charge is 2.26. The Morgan fingerprint density at radius 1 is 1.25 bits per heavy atom. The van der Waals surface area contributed by atoms with Crippen LogP contribution in [0.25, 0.3) is 0 Å². The summed E-state index contributed by atoms with van der Waals surface area (Å²) in [7, 11) is 0. The average molecular weight is 343 g/mol. The van der Waals surface area contributed by atoms with Gasteiger partial charge in [-0.15, -0.1) is 0 Å². The topological polar surface area (TPSA) is 32.3 Å². The molecule has 0 saturated carbocycles. The van der Waals surface area contributed by atoms with Gasteiger partial charge in [-0.2, -0.15) is 0 Å². The molecule has 1 heterocycles. The second-order valence-electron chi connectivity index (χ2n) is 6.53. The number of hydrogen-bond acceptors (Lipinski definition) is 2. The molecule has 0 aromatic heterocycles. The van der Waals surface area contributed by atoms with Gasteiger partial charge in [0.1, 0.15) is 0 Å². The molecule has 0 bridgehead atoms. The molecule has 3 rings (SSSR count). The van der Waals surface area contributed by atoms with Crippen molar-refractivity contribution in [3.8, 4) is 0 Å². The van der Waals surface area contributed by atoms with Crippen LogP contribution in [-0.4, -0.2) is 23.9 Å². The Morgan fingerprint density at radius 3 is 2.88 bits per heavy atom. The van der Waals surface area contributed by atoms with E-state index in [-0.39, 0.29) is 11.8 Å². The summed E-state index contributed by atoms with van der Waals surface area (Å²) in [6.07, 6.45) is 1.98. The lowest BCUT2D eigenvalue weighted by atomic mass is 9.96. The quantitative estimate of drug-likeness (QED) is 0.887. The van der Waals surface area contributed by atoms with E-state index in [2.05, 4.69) is 41.4 Å². The molecule has 1 amide bonds. The van der Waals surface area contributed by atoms with Gasteiger partial charge in [-0.3, -0.25) is 9.69 Å². The third-order valence-corrected chi connectivity index (χ3v) is 4.83. The third-order valence-electron chi connectivity index (χ3n) is 4.50. The van der Waals surface area contributed by atoms with Gasteiger partial charge in [-0.25, -0.2) is 0 Å². The number of aryl methyl sites for hydroxylation is 1. The summed E-state index contributed by atoms with van der Waals surface area (Å²) >= 11 is 6.13. The van der Waals surface area contributed by atoms with Crippen molar-refractivity contribution in [1.82, 2.24) is 4.90 Å². The maximum absolute atomic E-state index is 12.6. The summed E-state index contributed by atoms with van der Waals surface area (Å²) < 4.78 is 0. The van der Waals surface area contributed by atoms with Gasteiger partial charge in [0.05, 0.1) is 16.6 Å². The molecule has 0 radical (unpaired) electrons. The number of halogens is 1. The minimum absolute atomic E-state index is 0.0137. The van der Waals surface area contributed by atoms with Crippen molar-refractivity contribution < 1.29 is 4.79 Å². The first-order valence-corrected chi connectivity index (χ1v) is 8.83. The van der Waals surface area contributed by atoms with Crippen LogP contribution < -0.4 is 5.32 Å². The Bertz CT molecular complexity index is 716. The summed E-state index contributed by atoms with van der Waals surface area (Å²) in [5.74, 6) is 0.0804. The summed E-state index contributed by atoms with van der Waals surface area (Å²) in [6.45, 7) is 4.85. The van der Waals surface area contributed by atoms with E-state index in [0.29, 0.717) is 10.7 Å². The predicted molar refractivity (Wildman–Crippen MR) is 99.3 cm³/mol. The molecule has 1 saturated heterocycles. The number of piperidine rings is 1. The maximum Gasteiger partial charge on any atom is 0.228 e. The molecular weight excluding hydrogens is 320 g/mol. The molecule has 24 heavy (non-hydrogen) atoms. The summed E-state index contributed by atoms with van der Waals surface area (Å²) in [6, 6.07) is 16.0. The second kappa shape index (κ2) is 7.82. The van der Waals surface area contributed by atoms with Crippen molar-refractivity contribution in [2.24, 2.45) is 5.92 Å².